The van der Waals surface area contributed by atoms with Crippen molar-refractivity contribution in [2.75, 3.05) is 11.9 Å². The van der Waals surface area contributed by atoms with Gasteiger partial charge in [0.25, 0.3) is 0 Å². The molecule has 3 N–H and O–H groups in total. The molecule has 1 saturated carbocycles. The third-order valence-corrected chi connectivity index (χ3v) is 6.56. The number of anilines is 2. The summed E-state index contributed by atoms with van der Waals surface area (Å²) in [6, 6.07) is 7.32. The van der Waals surface area contributed by atoms with E-state index in [2.05, 4.69) is 10.3 Å². The minimum absolute atomic E-state index is 0.0223. The third-order valence-electron chi connectivity index (χ3n) is 6.56. The Kier molecular flexibility index (Phi) is 4.98. The van der Waals surface area contributed by atoms with Gasteiger partial charge < -0.3 is 20.5 Å². The number of nitrogens with zero attached hydrogens (tertiary/aromatic N) is 3. The van der Waals surface area contributed by atoms with Gasteiger partial charge in [-0.05, 0) is 63.1 Å². The van der Waals surface area contributed by atoms with Crippen LogP contribution in [0, 0.1) is 23.3 Å². The maximum Gasteiger partial charge on any atom is 0.243 e. The fourth-order valence-corrected chi connectivity index (χ4v) is 4.40. The van der Waals surface area contributed by atoms with Crippen molar-refractivity contribution in [3.8, 4) is 11.3 Å². The van der Waals surface area contributed by atoms with E-state index in [-0.39, 0.29) is 17.2 Å². The molecule has 1 aliphatic carbocycles. The van der Waals surface area contributed by atoms with Crippen molar-refractivity contribution in [2.45, 2.75) is 44.3 Å². The molecule has 1 fully saturated rings. The number of nitrogens with one attached hydrogen (secondary N) is 1. The Labute approximate surface area is 193 Å². The van der Waals surface area contributed by atoms with E-state index in [0.29, 0.717) is 43.3 Å². The average molecular weight is 473 g/mol. The number of aromatic nitrogens is 2. The average Bonchev–Trinajstić information content (AvgIpc) is 3.43. The summed E-state index contributed by atoms with van der Waals surface area (Å²) in [5.74, 6) is -3.99. The predicted octanol–water partition coefficient (Wildman–Crippen LogP) is 4.42. The number of halogens is 4. The largest absolute Gasteiger partial charge is 0.340 e. The summed E-state index contributed by atoms with van der Waals surface area (Å²) < 4.78 is 57.1. The SMILES string of the molecule is CC1(C)c2nc(-c3cc(F)c(F)c(F)c3)c(Nc3ccc(F)cc3)n2CCN1C(=O)C1(N)CC1. The maximum absolute atomic E-state index is 14.1. The number of amides is 1. The quantitative estimate of drug-likeness (QED) is 0.435. The van der Waals surface area contributed by atoms with Crippen LogP contribution in [0.4, 0.5) is 29.1 Å². The van der Waals surface area contributed by atoms with Gasteiger partial charge in [0.15, 0.2) is 17.5 Å². The van der Waals surface area contributed by atoms with Gasteiger partial charge in [0.1, 0.15) is 23.2 Å². The molecule has 10 heteroatoms. The summed E-state index contributed by atoms with van der Waals surface area (Å²) in [5.41, 5.74) is 5.13. The van der Waals surface area contributed by atoms with Crippen LogP contribution in [0.1, 0.15) is 32.5 Å². The molecule has 2 heterocycles. The van der Waals surface area contributed by atoms with Crippen LogP contribution in [0.2, 0.25) is 0 Å². The summed E-state index contributed by atoms with van der Waals surface area (Å²) >= 11 is 0. The molecule has 0 radical (unpaired) electrons. The van der Waals surface area contributed by atoms with Gasteiger partial charge in [0, 0.05) is 24.3 Å². The highest BCUT2D eigenvalue weighted by Gasteiger charge is 2.53. The number of imidazole rings is 1. The van der Waals surface area contributed by atoms with E-state index >= 15 is 0 Å². The molecule has 1 amide bonds. The summed E-state index contributed by atoms with van der Waals surface area (Å²) in [6.07, 6.45) is 1.23. The Morgan fingerprint density at radius 1 is 1.03 bits per heavy atom. The molecule has 2 aliphatic rings. The maximum atomic E-state index is 14.1. The van der Waals surface area contributed by atoms with Crippen molar-refractivity contribution in [1.29, 1.82) is 0 Å². The second-order valence-electron chi connectivity index (χ2n) is 9.34. The Hall–Kier alpha value is -3.40. The van der Waals surface area contributed by atoms with Gasteiger partial charge in [0.05, 0.1) is 11.1 Å². The molecule has 0 atom stereocenters. The molecule has 5 rings (SSSR count). The molecular formula is C24H23F4N5O. The Balaban J connectivity index is 1.65. The van der Waals surface area contributed by atoms with Gasteiger partial charge >= 0.3 is 0 Å². The summed E-state index contributed by atoms with van der Waals surface area (Å²) in [6.45, 7) is 4.33. The van der Waals surface area contributed by atoms with Gasteiger partial charge in [-0.2, -0.15) is 0 Å². The number of hydrogen-bond acceptors (Lipinski definition) is 4. The second-order valence-corrected chi connectivity index (χ2v) is 9.34. The Bertz CT molecular complexity index is 1270. The van der Waals surface area contributed by atoms with Gasteiger partial charge in [-0.15, -0.1) is 0 Å². The van der Waals surface area contributed by atoms with Gasteiger partial charge in [-0.25, -0.2) is 22.5 Å². The topological polar surface area (TPSA) is 76.2 Å². The van der Waals surface area contributed by atoms with Crippen LogP contribution in [0.5, 0.6) is 0 Å². The lowest BCUT2D eigenvalue weighted by Gasteiger charge is -2.43. The zero-order valence-corrected chi connectivity index (χ0v) is 18.6. The molecule has 0 unspecified atom stereocenters. The third kappa shape index (κ3) is 3.53. The van der Waals surface area contributed by atoms with Crippen LogP contribution in [-0.4, -0.2) is 32.4 Å². The fourth-order valence-electron chi connectivity index (χ4n) is 4.40. The smallest absolute Gasteiger partial charge is 0.243 e. The van der Waals surface area contributed by atoms with Crippen LogP contribution in [0.3, 0.4) is 0 Å². The molecule has 3 aromatic rings. The van der Waals surface area contributed by atoms with Crippen LogP contribution in [0.15, 0.2) is 36.4 Å². The molecule has 34 heavy (non-hydrogen) atoms. The lowest BCUT2D eigenvalue weighted by atomic mass is 9.97. The van der Waals surface area contributed by atoms with E-state index in [0.717, 1.165) is 12.1 Å². The zero-order chi connectivity index (χ0) is 24.4. The minimum atomic E-state index is -1.57. The number of benzene rings is 2. The Morgan fingerprint density at radius 3 is 2.24 bits per heavy atom. The van der Waals surface area contributed by atoms with Crippen LogP contribution in [-0.2, 0) is 16.9 Å². The molecule has 178 valence electrons. The van der Waals surface area contributed by atoms with Crippen molar-refractivity contribution >= 4 is 17.4 Å². The Morgan fingerprint density at radius 2 is 1.65 bits per heavy atom. The number of hydrogen-bond donors (Lipinski definition) is 2. The summed E-state index contributed by atoms with van der Waals surface area (Å²) in [7, 11) is 0. The predicted molar refractivity (Wildman–Crippen MR) is 118 cm³/mol. The molecule has 0 spiro atoms. The normalized spacial score (nSPS) is 17.9. The van der Waals surface area contributed by atoms with E-state index in [4.69, 9.17) is 5.73 Å². The second kappa shape index (κ2) is 7.56. The van der Waals surface area contributed by atoms with Crippen molar-refractivity contribution in [1.82, 2.24) is 14.5 Å². The van der Waals surface area contributed by atoms with Crippen molar-refractivity contribution in [2.24, 2.45) is 5.73 Å². The zero-order valence-electron chi connectivity index (χ0n) is 18.6. The monoisotopic (exact) mass is 473 g/mol. The van der Waals surface area contributed by atoms with E-state index in [1.807, 2.05) is 18.4 Å². The van der Waals surface area contributed by atoms with E-state index in [1.165, 1.54) is 24.3 Å². The molecule has 1 aromatic heterocycles. The van der Waals surface area contributed by atoms with Gasteiger partial charge in [0.2, 0.25) is 5.91 Å². The summed E-state index contributed by atoms with van der Waals surface area (Å²) in [4.78, 5) is 19.4. The number of carbonyl (C=O) groups is 1. The molecule has 0 bridgehead atoms. The van der Waals surface area contributed by atoms with E-state index < -0.39 is 34.3 Å². The first-order valence-corrected chi connectivity index (χ1v) is 10.9. The first-order chi connectivity index (χ1) is 16.0. The van der Waals surface area contributed by atoms with E-state index in [9.17, 15) is 22.4 Å². The van der Waals surface area contributed by atoms with E-state index in [1.54, 1.807) is 4.90 Å². The molecule has 2 aromatic carbocycles. The van der Waals surface area contributed by atoms with Crippen molar-refractivity contribution in [3.63, 3.8) is 0 Å². The van der Waals surface area contributed by atoms with Crippen LogP contribution in [0.25, 0.3) is 11.3 Å². The first-order valence-electron chi connectivity index (χ1n) is 10.9. The number of rotatable bonds is 4. The van der Waals surface area contributed by atoms with Gasteiger partial charge in [-0.1, -0.05) is 0 Å². The molecule has 1 aliphatic heterocycles. The molecule has 6 nitrogen and oxygen atoms in total. The fraction of sp³-hybridized carbons (Fsp3) is 0.333. The lowest BCUT2D eigenvalue weighted by molar-refractivity contribution is -0.141. The first kappa shape index (κ1) is 22.4. The highest BCUT2D eigenvalue weighted by atomic mass is 19.2. The molecule has 0 saturated heterocycles. The van der Waals surface area contributed by atoms with Gasteiger partial charge in [-0.3, -0.25) is 4.79 Å². The molecular weight excluding hydrogens is 450 g/mol. The van der Waals surface area contributed by atoms with Crippen molar-refractivity contribution in [3.05, 3.63) is 65.5 Å². The highest BCUT2D eigenvalue weighted by Crippen LogP contribution is 2.43. The minimum Gasteiger partial charge on any atom is -0.340 e. The standard InChI is InChI=1S/C24H23F4N5O/c1-23(2)21-31-19(13-11-16(26)18(28)17(27)12-13)20(30-15-5-3-14(25)4-6-15)32(21)9-10-33(23)22(34)24(29)7-8-24/h3-6,11-12,30H,7-10,29H2,1-2H3. The van der Waals surface area contributed by atoms with Crippen LogP contribution < -0.4 is 11.1 Å². The highest BCUT2D eigenvalue weighted by molar-refractivity contribution is 5.90. The summed E-state index contributed by atoms with van der Waals surface area (Å²) in [5, 5.41) is 3.15. The number of fused-ring (bicyclic) bond motifs is 1. The number of nitrogens with two attached hydrogens (primary N) is 1. The number of carbonyl (C=O) groups excluding carboxylic acids is 1. The van der Waals surface area contributed by atoms with Crippen molar-refractivity contribution < 1.29 is 22.4 Å². The van der Waals surface area contributed by atoms with Crippen LogP contribution >= 0.6 is 0 Å². The lowest BCUT2D eigenvalue weighted by Crippen LogP contribution is -2.57.